The van der Waals surface area contributed by atoms with E-state index in [1.54, 1.807) is 6.92 Å². The molecular weight excluding hydrogens is 512 g/mol. The van der Waals surface area contributed by atoms with Gasteiger partial charge in [-0.15, -0.1) is 0 Å². The number of ether oxygens (including phenoxy) is 1. The first-order valence-corrected chi connectivity index (χ1v) is 16.6. The standard InChI is InChI=1S/C36H54O5/c1-24(13-16-32(38)39)28-14-15-29-33-30(17-19-35(28,29)4)34(3)20-21-36(40,23-27(34)22-31(33)41-25(2)37)18-9-8-12-26-10-6-5-7-11-26/h5-7,10-11,24,27-31,33,40H,8-9,12-23H2,1-4H3,(H,38,39)/t24-,27-,28-,29+,30+,31-,33+,34+,35-,36-/m1/s1. The Balaban J connectivity index is 1.29. The van der Waals surface area contributed by atoms with Crippen LogP contribution >= 0.6 is 0 Å². The number of aryl methyl sites for hydroxylation is 1. The van der Waals surface area contributed by atoms with Gasteiger partial charge < -0.3 is 14.9 Å². The van der Waals surface area contributed by atoms with Gasteiger partial charge in [-0.25, -0.2) is 0 Å². The van der Waals surface area contributed by atoms with E-state index in [-0.39, 0.29) is 29.3 Å². The molecule has 4 saturated carbocycles. The SMILES string of the molecule is CC(=O)O[C@@H]1C[C@@H]2C[C@@](O)(CCCCc3ccccc3)CC[C@]2(C)[C@H]2CC[C@]3(C)[C@@H]([C@H](C)CCC(=O)O)CC[C@H]3[C@H]12. The number of carboxylic acid groups (broad SMARTS) is 1. The Kier molecular flexibility index (Phi) is 8.96. The van der Waals surface area contributed by atoms with E-state index >= 15 is 0 Å². The maximum absolute atomic E-state index is 12.4. The van der Waals surface area contributed by atoms with Crippen LogP contribution in [-0.4, -0.2) is 33.9 Å². The molecule has 10 atom stereocenters. The Morgan fingerprint density at radius 2 is 1.73 bits per heavy atom. The Labute approximate surface area is 247 Å². The van der Waals surface area contributed by atoms with E-state index in [2.05, 4.69) is 51.1 Å². The Morgan fingerprint density at radius 3 is 2.44 bits per heavy atom. The van der Waals surface area contributed by atoms with Crippen LogP contribution in [0.15, 0.2) is 30.3 Å². The Bertz CT molecular complexity index is 1070. The molecule has 5 nitrogen and oxygen atoms in total. The molecule has 5 heteroatoms. The molecule has 0 radical (unpaired) electrons. The second-order valence-electron chi connectivity index (χ2n) is 15.1. The van der Waals surface area contributed by atoms with E-state index in [0.29, 0.717) is 35.5 Å². The summed E-state index contributed by atoms with van der Waals surface area (Å²) >= 11 is 0. The van der Waals surface area contributed by atoms with Gasteiger partial charge in [-0.2, -0.15) is 0 Å². The van der Waals surface area contributed by atoms with E-state index in [4.69, 9.17) is 4.74 Å². The molecule has 1 aromatic rings. The van der Waals surface area contributed by atoms with Crippen LogP contribution in [0.2, 0.25) is 0 Å². The van der Waals surface area contributed by atoms with Crippen molar-refractivity contribution in [1.82, 2.24) is 0 Å². The van der Waals surface area contributed by atoms with Crippen molar-refractivity contribution in [1.29, 1.82) is 0 Å². The summed E-state index contributed by atoms with van der Waals surface area (Å²) in [6.45, 7) is 8.78. The molecule has 0 aliphatic heterocycles. The summed E-state index contributed by atoms with van der Waals surface area (Å²) in [6, 6.07) is 10.6. The van der Waals surface area contributed by atoms with Gasteiger partial charge in [-0.1, -0.05) is 57.5 Å². The van der Waals surface area contributed by atoms with Crippen LogP contribution in [-0.2, 0) is 20.7 Å². The van der Waals surface area contributed by atoms with Crippen LogP contribution in [0.25, 0.3) is 0 Å². The molecule has 4 aliphatic rings. The van der Waals surface area contributed by atoms with Gasteiger partial charge >= 0.3 is 11.9 Å². The largest absolute Gasteiger partial charge is 0.481 e. The summed E-state index contributed by atoms with van der Waals surface area (Å²) in [6.07, 6.45) is 13.2. The predicted octanol–water partition coefficient (Wildman–Crippen LogP) is 7.83. The van der Waals surface area contributed by atoms with Crippen LogP contribution in [0, 0.1) is 46.3 Å². The molecule has 4 fully saturated rings. The third kappa shape index (κ3) is 6.12. The van der Waals surface area contributed by atoms with Gasteiger partial charge in [0.05, 0.1) is 5.60 Å². The highest BCUT2D eigenvalue weighted by molar-refractivity contribution is 5.66. The zero-order valence-electron chi connectivity index (χ0n) is 25.9. The van der Waals surface area contributed by atoms with Crippen molar-refractivity contribution < 1.29 is 24.5 Å². The van der Waals surface area contributed by atoms with Gasteiger partial charge in [-0.3, -0.25) is 9.59 Å². The zero-order chi connectivity index (χ0) is 29.4. The van der Waals surface area contributed by atoms with Gasteiger partial charge in [0.15, 0.2) is 0 Å². The number of fused-ring (bicyclic) bond motifs is 5. The lowest BCUT2D eigenvalue weighted by Crippen LogP contribution is -2.60. The molecule has 2 N–H and O–H groups in total. The number of esters is 1. The van der Waals surface area contributed by atoms with Gasteiger partial charge in [0.25, 0.3) is 0 Å². The summed E-state index contributed by atoms with van der Waals surface area (Å²) in [5.41, 5.74) is 1.10. The first kappa shape index (κ1) is 30.6. The second kappa shape index (κ2) is 12.0. The lowest BCUT2D eigenvalue weighted by molar-refractivity contribution is -0.203. The van der Waals surface area contributed by atoms with E-state index in [0.717, 1.165) is 77.0 Å². The molecule has 41 heavy (non-hydrogen) atoms. The van der Waals surface area contributed by atoms with Crippen molar-refractivity contribution in [2.24, 2.45) is 46.3 Å². The number of carbonyl (C=O) groups is 2. The van der Waals surface area contributed by atoms with Crippen LogP contribution in [0.1, 0.15) is 117 Å². The van der Waals surface area contributed by atoms with Crippen molar-refractivity contribution in [2.45, 2.75) is 129 Å². The zero-order valence-corrected chi connectivity index (χ0v) is 25.9. The summed E-state index contributed by atoms with van der Waals surface area (Å²) in [7, 11) is 0. The number of carboxylic acids is 1. The quantitative estimate of drug-likeness (QED) is 0.223. The maximum atomic E-state index is 12.4. The number of carbonyl (C=O) groups excluding carboxylic acids is 1. The maximum Gasteiger partial charge on any atom is 0.303 e. The lowest BCUT2D eigenvalue weighted by Gasteiger charge is -2.63. The van der Waals surface area contributed by atoms with Crippen LogP contribution in [0.3, 0.4) is 0 Å². The molecule has 0 bridgehead atoms. The number of aliphatic hydroxyl groups is 1. The number of hydrogen-bond acceptors (Lipinski definition) is 4. The minimum atomic E-state index is -0.699. The molecular formula is C36H54O5. The van der Waals surface area contributed by atoms with E-state index in [1.807, 2.05) is 0 Å². The highest BCUT2D eigenvalue weighted by Gasteiger charge is 2.64. The van der Waals surface area contributed by atoms with Gasteiger partial charge in [0.1, 0.15) is 6.10 Å². The van der Waals surface area contributed by atoms with Gasteiger partial charge in [-0.05, 0) is 123 Å². The molecule has 0 spiro atoms. The van der Waals surface area contributed by atoms with Crippen LogP contribution in [0.4, 0.5) is 0 Å². The summed E-state index contributed by atoms with van der Waals surface area (Å²) in [5.74, 6) is 1.81. The van der Waals surface area contributed by atoms with Crippen molar-refractivity contribution in [3.8, 4) is 0 Å². The molecule has 0 heterocycles. The van der Waals surface area contributed by atoms with Crippen molar-refractivity contribution >= 4 is 11.9 Å². The van der Waals surface area contributed by atoms with Crippen LogP contribution in [0.5, 0.6) is 0 Å². The summed E-state index contributed by atoms with van der Waals surface area (Å²) in [4.78, 5) is 23.7. The minimum Gasteiger partial charge on any atom is -0.481 e. The van der Waals surface area contributed by atoms with Crippen molar-refractivity contribution in [3.63, 3.8) is 0 Å². The molecule has 5 rings (SSSR count). The van der Waals surface area contributed by atoms with E-state index in [9.17, 15) is 19.8 Å². The number of aliphatic carboxylic acids is 1. The average molecular weight is 567 g/mol. The topological polar surface area (TPSA) is 83.8 Å². The second-order valence-corrected chi connectivity index (χ2v) is 15.1. The number of unbranched alkanes of at least 4 members (excludes halogenated alkanes) is 1. The first-order valence-electron chi connectivity index (χ1n) is 16.6. The molecule has 1 aromatic carbocycles. The third-order valence-corrected chi connectivity index (χ3v) is 12.9. The van der Waals surface area contributed by atoms with Crippen LogP contribution < -0.4 is 0 Å². The summed E-state index contributed by atoms with van der Waals surface area (Å²) in [5, 5.41) is 21.1. The van der Waals surface area contributed by atoms with Crippen molar-refractivity contribution in [3.05, 3.63) is 35.9 Å². The van der Waals surface area contributed by atoms with Crippen molar-refractivity contribution in [2.75, 3.05) is 0 Å². The number of rotatable bonds is 10. The molecule has 228 valence electrons. The van der Waals surface area contributed by atoms with Gasteiger partial charge in [0, 0.05) is 19.3 Å². The predicted molar refractivity (Wildman–Crippen MR) is 161 cm³/mol. The highest BCUT2D eigenvalue weighted by atomic mass is 16.5. The molecule has 0 unspecified atom stereocenters. The molecule has 0 aromatic heterocycles. The molecule has 0 saturated heterocycles. The smallest absolute Gasteiger partial charge is 0.303 e. The Hall–Kier alpha value is -1.88. The lowest BCUT2D eigenvalue weighted by atomic mass is 9.42. The fourth-order valence-corrected chi connectivity index (χ4v) is 10.8. The highest BCUT2D eigenvalue weighted by Crippen LogP contribution is 2.69. The number of hydrogen-bond donors (Lipinski definition) is 2. The fourth-order valence-electron chi connectivity index (χ4n) is 10.8. The summed E-state index contributed by atoms with van der Waals surface area (Å²) < 4.78 is 6.20. The average Bonchev–Trinajstić information content (AvgIpc) is 3.28. The fraction of sp³-hybridized carbons (Fsp3) is 0.778. The third-order valence-electron chi connectivity index (χ3n) is 12.9. The Morgan fingerprint density at radius 1 is 1.00 bits per heavy atom. The number of benzene rings is 1. The van der Waals surface area contributed by atoms with E-state index in [1.165, 1.54) is 12.0 Å². The van der Waals surface area contributed by atoms with E-state index < -0.39 is 11.6 Å². The normalized spacial score (nSPS) is 40.6. The first-order chi connectivity index (χ1) is 19.4. The molecule has 4 aliphatic carbocycles. The molecule has 0 amide bonds. The minimum absolute atomic E-state index is 0.0753. The monoisotopic (exact) mass is 566 g/mol. The van der Waals surface area contributed by atoms with Gasteiger partial charge in [0.2, 0.25) is 0 Å².